The SMILES string of the molecule is CCCCCCCCCCCCCCCCCCNC(=O)CN(CCn1cc(CO[C@@H]2O[C@H](CO)[C@@H](O)[C@H](O)[C@H]2O)nn1)C(=O)CCCCCCCCCCCCC. The van der Waals surface area contributed by atoms with Gasteiger partial charge in [0.1, 0.15) is 30.1 Å². The molecule has 0 aromatic carbocycles. The number of unbranched alkanes of at least 4 members (excludes halogenated alkanes) is 25. The fourth-order valence-corrected chi connectivity index (χ4v) is 7.63. The van der Waals surface area contributed by atoms with E-state index in [1.165, 1.54) is 141 Å². The first-order chi connectivity index (χ1) is 28.3. The van der Waals surface area contributed by atoms with Gasteiger partial charge in [-0.1, -0.05) is 180 Å². The number of carbonyl (C=O) groups is 2. The average molecular weight is 824 g/mol. The summed E-state index contributed by atoms with van der Waals surface area (Å²) in [7, 11) is 0. The summed E-state index contributed by atoms with van der Waals surface area (Å²) in [5, 5.41) is 51.0. The van der Waals surface area contributed by atoms with Gasteiger partial charge in [0.25, 0.3) is 0 Å². The molecule has 2 amide bonds. The third-order valence-electron chi connectivity index (χ3n) is 11.5. The number of carbonyl (C=O) groups excluding carboxylic acids is 2. The van der Waals surface area contributed by atoms with E-state index >= 15 is 0 Å². The fraction of sp³-hybridized carbons (Fsp3) is 0.911. The molecule has 5 atom stereocenters. The molecule has 1 saturated heterocycles. The topological polar surface area (TPSA) is 180 Å². The van der Waals surface area contributed by atoms with Crippen LogP contribution in [-0.4, -0.2) is 109 Å². The van der Waals surface area contributed by atoms with Crippen LogP contribution in [0.1, 0.15) is 199 Å². The van der Waals surface area contributed by atoms with Gasteiger partial charge >= 0.3 is 0 Å². The van der Waals surface area contributed by atoms with E-state index in [0.717, 1.165) is 32.1 Å². The van der Waals surface area contributed by atoms with Crippen LogP contribution in [-0.2, 0) is 32.2 Å². The van der Waals surface area contributed by atoms with Crippen LogP contribution < -0.4 is 5.32 Å². The fourth-order valence-electron chi connectivity index (χ4n) is 7.63. The van der Waals surface area contributed by atoms with Gasteiger partial charge < -0.3 is 40.1 Å². The van der Waals surface area contributed by atoms with Crippen LogP contribution in [0.15, 0.2) is 6.20 Å². The molecule has 0 saturated carbocycles. The molecule has 0 aliphatic carbocycles. The van der Waals surface area contributed by atoms with Gasteiger partial charge in [-0.3, -0.25) is 14.3 Å². The lowest BCUT2D eigenvalue weighted by Gasteiger charge is -2.39. The van der Waals surface area contributed by atoms with Crippen molar-refractivity contribution in [2.24, 2.45) is 0 Å². The Kier molecular flexibility index (Phi) is 31.0. The summed E-state index contributed by atoms with van der Waals surface area (Å²) in [6.07, 6.45) is 29.3. The number of aromatic nitrogens is 3. The number of nitrogens with one attached hydrogen (secondary N) is 1. The van der Waals surface area contributed by atoms with Crippen LogP contribution in [0.2, 0.25) is 0 Å². The van der Waals surface area contributed by atoms with E-state index in [-0.39, 0.29) is 25.0 Å². The molecule has 2 heterocycles. The smallest absolute Gasteiger partial charge is 0.239 e. The van der Waals surface area contributed by atoms with Crippen molar-refractivity contribution in [1.29, 1.82) is 0 Å². The van der Waals surface area contributed by atoms with Crippen molar-refractivity contribution in [2.45, 2.75) is 237 Å². The molecule has 1 aromatic rings. The predicted octanol–water partition coefficient (Wildman–Crippen LogP) is 7.50. The highest BCUT2D eigenvalue weighted by atomic mass is 16.7. The highest BCUT2D eigenvalue weighted by molar-refractivity contribution is 5.84. The molecule has 0 radical (unpaired) electrons. The molecule has 1 fully saturated rings. The minimum atomic E-state index is -1.54. The van der Waals surface area contributed by atoms with E-state index in [1.54, 1.807) is 15.8 Å². The van der Waals surface area contributed by atoms with Crippen LogP contribution in [0.4, 0.5) is 0 Å². The average Bonchev–Trinajstić information content (AvgIpc) is 3.69. The molecule has 13 nitrogen and oxygen atoms in total. The zero-order chi connectivity index (χ0) is 42.1. The molecule has 1 aromatic heterocycles. The van der Waals surface area contributed by atoms with E-state index in [2.05, 4.69) is 29.5 Å². The van der Waals surface area contributed by atoms with Gasteiger partial charge in [-0.25, -0.2) is 0 Å². The normalized spacial score (nSPS) is 19.4. The van der Waals surface area contributed by atoms with Gasteiger partial charge in [0.2, 0.25) is 11.8 Å². The molecule has 5 N–H and O–H groups in total. The van der Waals surface area contributed by atoms with Crippen LogP contribution in [0.3, 0.4) is 0 Å². The van der Waals surface area contributed by atoms with Crippen molar-refractivity contribution in [2.75, 3.05) is 26.2 Å². The van der Waals surface area contributed by atoms with E-state index in [1.807, 2.05) is 0 Å². The Morgan fingerprint density at radius 1 is 0.707 bits per heavy atom. The molecule has 338 valence electrons. The summed E-state index contributed by atoms with van der Waals surface area (Å²) < 4.78 is 12.6. The second-order valence-corrected chi connectivity index (χ2v) is 16.7. The summed E-state index contributed by atoms with van der Waals surface area (Å²) >= 11 is 0. The molecular weight excluding hydrogens is 739 g/mol. The summed E-state index contributed by atoms with van der Waals surface area (Å²) in [6, 6.07) is 0. The summed E-state index contributed by atoms with van der Waals surface area (Å²) in [4.78, 5) is 28.0. The summed E-state index contributed by atoms with van der Waals surface area (Å²) in [5.74, 6) is -0.194. The number of nitrogens with zero attached hydrogens (tertiary/aromatic N) is 4. The largest absolute Gasteiger partial charge is 0.394 e. The quantitative estimate of drug-likeness (QED) is 0.0420. The summed E-state index contributed by atoms with van der Waals surface area (Å²) in [5.41, 5.74) is 0.423. The van der Waals surface area contributed by atoms with E-state index in [0.29, 0.717) is 31.7 Å². The maximum absolute atomic E-state index is 13.4. The molecule has 2 rings (SSSR count). The maximum Gasteiger partial charge on any atom is 0.239 e. The van der Waals surface area contributed by atoms with Gasteiger partial charge in [-0.05, 0) is 12.8 Å². The van der Waals surface area contributed by atoms with Gasteiger partial charge in [-0.2, -0.15) is 0 Å². The maximum atomic E-state index is 13.4. The predicted molar refractivity (Wildman–Crippen MR) is 229 cm³/mol. The molecule has 0 spiro atoms. The number of hydrogen-bond acceptors (Lipinski definition) is 10. The lowest BCUT2D eigenvalue weighted by atomic mass is 9.99. The van der Waals surface area contributed by atoms with Gasteiger partial charge in [-0.15, -0.1) is 5.10 Å². The minimum Gasteiger partial charge on any atom is -0.394 e. The first-order valence-corrected chi connectivity index (χ1v) is 23.7. The number of rotatable bonds is 38. The molecular formula is C45H85N5O8. The van der Waals surface area contributed by atoms with Crippen LogP contribution in [0.25, 0.3) is 0 Å². The van der Waals surface area contributed by atoms with Crippen LogP contribution in [0, 0.1) is 0 Å². The molecule has 58 heavy (non-hydrogen) atoms. The molecule has 1 aliphatic rings. The van der Waals surface area contributed by atoms with Crippen LogP contribution >= 0.6 is 0 Å². The summed E-state index contributed by atoms with van der Waals surface area (Å²) in [6.45, 7) is 5.08. The molecule has 1 aliphatic heterocycles. The van der Waals surface area contributed by atoms with Crippen molar-refractivity contribution in [3.05, 3.63) is 11.9 Å². The third kappa shape index (κ3) is 24.2. The first kappa shape index (κ1) is 52.0. The minimum absolute atomic E-state index is 0.00248. The van der Waals surface area contributed by atoms with Crippen molar-refractivity contribution < 1.29 is 39.5 Å². The Bertz CT molecular complexity index is 1140. The molecule has 0 unspecified atom stereocenters. The van der Waals surface area contributed by atoms with Gasteiger partial charge in [0, 0.05) is 19.5 Å². The van der Waals surface area contributed by atoms with Crippen molar-refractivity contribution in [3.63, 3.8) is 0 Å². The number of amides is 2. The van der Waals surface area contributed by atoms with E-state index in [4.69, 9.17) is 9.47 Å². The van der Waals surface area contributed by atoms with Gasteiger partial charge in [0.15, 0.2) is 6.29 Å². The monoisotopic (exact) mass is 824 g/mol. The zero-order valence-electron chi connectivity index (χ0n) is 36.7. The first-order valence-electron chi connectivity index (χ1n) is 23.7. The standard InChI is InChI=1S/C45H85N5O8/c1-3-5-7-9-11-13-15-16-17-18-19-21-23-25-27-29-31-46-40(52)35-49(41(53)30-28-26-24-22-20-14-12-10-8-6-4-2)32-33-50-34-38(47-48-50)37-57-45-44(56)43(55)42(54)39(36-51)58-45/h34,39,42-45,51,54-56H,3-33,35-37H2,1-2H3,(H,46,52)/t39-,42-,43+,44-,45-/m1/s1. The van der Waals surface area contributed by atoms with Gasteiger partial charge in [0.05, 0.1) is 32.5 Å². The number of ether oxygens (including phenoxy) is 2. The van der Waals surface area contributed by atoms with Crippen molar-refractivity contribution >= 4 is 11.8 Å². The highest BCUT2D eigenvalue weighted by Crippen LogP contribution is 2.23. The number of aliphatic hydroxyl groups is 4. The number of aliphatic hydroxyl groups excluding tert-OH is 4. The highest BCUT2D eigenvalue weighted by Gasteiger charge is 2.44. The Labute approximate surface area is 351 Å². The second-order valence-electron chi connectivity index (χ2n) is 16.7. The van der Waals surface area contributed by atoms with Crippen molar-refractivity contribution in [3.8, 4) is 0 Å². The Morgan fingerprint density at radius 2 is 1.19 bits per heavy atom. The number of hydrogen-bond donors (Lipinski definition) is 5. The Morgan fingerprint density at radius 3 is 1.69 bits per heavy atom. The second kappa shape index (κ2) is 34.5. The van der Waals surface area contributed by atoms with E-state index < -0.39 is 37.3 Å². The Hall–Kier alpha value is -2.16. The third-order valence-corrected chi connectivity index (χ3v) is 11.5. The van der Waals surface area contributed by atoms with Crippen molar-refractivity contribution in [1.82, 2.24) is 25.2 Å². The molecule has 13 heteroatoms. The van der Waals surface area contributed by atoms with Crippen LogP contribution in [0.5, 0.6) is 0 Å². The van der Waals surface area contributed by atoms with E-state index in [9.17, 15) is 30.0 Å². The lowest BCUT2D eigenvalue weighted by molar-refractivity contribution is -0.304. The zero-order valence-corrected chi connectivity index (χ0v) is 36.7. The Balaban J connectivity index is 1.70. The lowest BCUT2D eigenvalue weighted by Crippen LogP contribution is -2.59. The molecule has 0 bridgehead atoms.